The van der Waals surface area contributed by atoms with Gasteiger partial charge >= 0.3 is 0 Å². The summed E-state index contributed by atoms with van der Waals surface area (Å²) in [6.45, 7) is 2.04. The summed E-state index contributed by atoms with van der Waals surface area (Å²) in [7, 11) is 0. The maximum atomic E-state index is 8.26. The number of hydrogen-bond donors (Lipinski definition) is 0. The zero-order valence-corrected chi connectivity index (χ0v) is 25.5. The first-order chi connectivity index (χ1) is 23.3. The van der Waals surface area contributed by atoms with Crippen molar-refractivity contribution in [2.24, 2.45) is 0 Å². The molecule has 0 spiro atoms. The topological polar surface area (TPSA) is 51.8 Å². The molecule has 0 aliphatic carbocycles. The van der Waals surface area contributed by atoms with Crippen LogP contribution in [0.5, 0.6) is 0 Å². The van der Waals surface area contributed by atoms with Gasteiger partial charge < -0.3 is 14.4 Å². The molecule has 0 saturated heterocycles. The molecule has 0 fully saturated rings. The predicted molar refractivity (Wildman–Crippen MR) is 166 cm³/mol. The van der Waals surface area contributed by atoms with E-state index in [-0.39, 0.29) is 66.6 Å². The summed E-state index contributed by atoms with van der Waals surface area (Å²) in [6.07, 6.45) is 0.956. The van der Waals surface area contributed by atoms with E-state index in [9.17, 15) is 0 Å². The maximum absolute atomic E-state index is 8.26. The van der Waals surface area contributed by atoms with E-state index in [1.165, 1.54) is 24.4 Å². The Balaban J connectivity index is 0.000000211. The number of pyridine rings is 2. The second kappa shape index (κ2) is 11.7. The van der Waals surface area contributed by atoms with Gasteiger partial charge in [-0.25, -0.2) is 4.98 Å². The molecule has 0 unspecified atom stereocenters. The summed E-state index contributed by atoms with van der Waals surface area (Å²) in [5.41, 5.74) is 3.96. The van der Waals surface area contributed by atoms with Crippen LogP contribution in [0, 0.1) is 25.8 Å². The summed E-state index contributed by atoms with van der Waals surface area (Å²) in [6, 6.07) is 20.3. The third-order valence-corrected chi connectivity index (χ3v) is 7.60. The van der Waals surface area contributed by atoms with Gasteiger partial charge in [-0.15, -0.1) is 64.9 Å². The van der Waals surface area contributed by atoms with Gasteiger partial charge in [0.1, 0.15) is 11.1 Å². The molecule has 4 heterocycles. The van der Waals surface area contributed by atoms with Crippen molar-refractivity contribution >= 4 is 43.5 Å². The molecule has 0 saturated carbocycles. The monoisotopic (exact) mass is 742 g/mol. The molecular formula is C35H29IrN3OS-2. The van der Waals surface area contributed by atoms with E-state index in [4.69, 9.17) is 23.1 Å². The number of thiazole rings is 1. The molecule has 41 heavy (non-hydrogen) atoms. The molecule has 1 radical (unpaired) electrons. The normalized spacial score (nSPS) is 15.5. The molecule has 4 nitrogen and oxygen atoms in total. The van der Waals surface area contributed by atoms with Crippen molar-refractivity contribution in [2.45, 2.75) is 39.9 Å². The van der Waals surface area contributed by atoms with Crippen LogP contribution in [0.1, 0.15) is 50.6 Å². The Morgan fingerprint density at radius 3 is 2.44 bits per heavy atom. The second-order valence-corrected chi connectivity index (χ2v) is 11.2. The fourth-order valence-corrected chi connectivity index (χ4v) is 5.19. The summed E-state index contributed by atoms with van der Waals surface area (Å²) < 4.78 is 82.8. The minimum atomic E-state index is -2.18. The van der Waals surface area contributed by atoms with Crippen molar-refractivity contribution in [1.82, 2.24) is 15.0 Å². The maximum Gasteiger partial charge on any atom is 0.148 e. The molecule has 0 N–H and O–H groups in total. The first kappa shape index (κ1) is 18.7. The van der Waals surface area contributed by atoms with Crippen LogP contribution in [0.2, 0.25) is 0 Å². The van der Waals surface area contributed by atoms with Crippen LogP contribution in [-0.4, -0.2) is 15.0 Å². The summed E-state index contributed by atoms with van der Waals surface area (Å²) >= 11 is 1.65. The third-order valence-electron chi connectivity index (χ3n) is 6.16. The Bertz CT molecular complexity index is 2320. The molecular weight excluding hydrogens is 703 g/mol. The van der Waals surface area contributed by atoms with Crippen LogP contribution in [0.4, 0.5) is 0 Å². The van der Waals surface area contributed by atoms with E-state index in [1.807, 2.05) is 18.2 Å². The van der Waals surface area contributed by atoms with E-state index >= 15 is 0 Å². The SMILES string of the molecule is [2H]C([2H])([2H])c1c[c-]c(-c2ccc(C([2H])([2H])[2H])cn2)cc1.[2H]c1nc(-c2[c-]ccc3c2oc2c3ccc3sc(C(C)(C)C)nc32)c([2H])c([2H])c1[2H].[Ir]. The van der Waals surface area contributed by atoms with Gasteiger partial charge in [-0.2, -0.15) is 0 Å². The number of furan rings is 1. The Morgan fingerprint density at radius 1 is 0.878 bits per heavy atom. The Morgan fingerprint density at radius 2 is 1.71 bits per heavy atom. The van der Waals surface area contributed by atoms with Crippen LogP contribution in [-0.2, 0) is 25.5 Å². The molecule has 7 aromatic rings. The van der Waals surface area contributed by atoms with Crippen molar-refractivity contribution in [1.29, 1.82) is 0 Å². The number of nitrogens with zero attached hydrogens (tertiary/aromatic N) is 3. The smallest absolute Gasteiger partial charge is 0.148 e. The van der Waals surface area contributed by atoms with E-state index in [0.29, 0.717) is 28.0 Å². The standard InChI is InChI=1S/C22H17N2OS.C13H12N.Ir/c1-22(2,3)21-24-18-17(26-21)11-10-14-13-7-6-8-15(19(13)25-20(14)18)16-9-4-5-12-23-16;1-10-3-6-12(7-4-10)13-8-5-11(2)9-14-13;/h4-7,9-12H,1-3H3;3-6,8-9H,1-2H3;/q2*-1;/i4D,5D,9D,12D;1D3,2D3;. The minimum Gasteiger partial charge on any atom is -0.498 e. The average Bonchev–Trinajstić information content (AvgIpc) is 3.68. The molecule has 0 amide bonds. The summed E-state index contributed by atoms with van der Waals surface area (Å²) in [5.74, 6) is 0. The van der Waals surface area contributed by atoms with Crippen molar-refractivity contribution < 1.29 is 38.2 Å². The fourth-order valence-electron chi connectivity index (χ4n) is 4.17. The van der Waals surface area contributed by atoms with E-state index < -0.39 is 13.7 Å². The molecule has 0 aliphatic heterocycles. The fraction of sp³-hybridized carbons (Fsp3) is 0.171. The number of benzene rings is 3. The van der Waals surface area contributed by atoms with E-state index in [2.05, 4.69) is 42.9 Å². The zero-order chi connectivity index (χ0) is 36.3. The molecule has 6 heteroatoms. The van der Waals surface area contributed by atoms with E-state index in [0.717, 1.165) is 26.0 Å². The first-order valence-electron chi connectivity index (χ1n) is 17.5. The van der Waals surface area contributed by atoms with Gasteiger partial charge in [0.2, 0.25) is 0 Å². The van der Waals surface area contributed by atoms with Crippen molar-refractivity contribution in [3.63, 3.8) is 0 Å². The van der Waals surface area contributed by atoms with Crippen LogP contribution < -0.4 is 0 Å². The molecule has 7 rings (SSSR count). The molecule has 207 valence electrons. The van der Waals surface area contributed by atoms with Crippen molar-refractivity contribution in [2.75, 3.05) is 0 Å². The number of aryl methyl sites for hydroxylation is 2. The Hall–Kier alpha value is -3.70. The van der Waals surface area contributed by atoms with Crippen molar-refractivity contribution in [3.8, 4) is 22.5 Å². The van der Waals surface area contributed by atoms with Gasteiger partial charge in [0.15, 0.2) is 0 Å². The van der Waals surface area contributed by atoms with Crippen LogP contribution in [0.3, 0.4) is 0 Å². The Kier molecular flexibility index (Phi) is 5.31. The Labute approximate surface area is 271 Å². The number of rotatable bonds is 2. The average molecular weight is 742 g/mol. The molecule has 4 aromatic heterocycles. The predicted octanol–water partition coefficient (Wildman–Crippen LogP) is 9.52. The third kappa shape index (κ3) is 5.87. The molecule has 0 atom stereocenters. The molecule has 0 aliphatic rings. The van der Waals surface area contributed by atoms with Gasteiger partial charge in [0.05, 0.1) is 20.8 Å². The zero-order valence-electron chi connectivity index (χ0n) is 32.3. The first-order valence-corrected chi connectivity index (χ1v) is 13.3. The number of aromatic nitrogens is 3. The van der Waals surface area contributed by atoms with Crippen molar-refractivity contribution in [3.05, 3.63) is 113 Å². The molecule has 3 aromatic carbocycles. The van der Waals surface area contributed by atoms with Gasteiger partial charge in [-0.1, -0.05) is 68.9 Å². The van der Waals surface area contributed by atoms with Crippen LogP contribution >= 0.6 is 11.3 Å². The van der Waals surface area contributed by atoms with Gasteiger partial charge in [0.25, 0.3) is 0 Å². The largest absolute Gasteiger partial charge is 0.498 e. The van der Waals surface area contributed by atoms with Gasteiger partial charge in [0, 0.05) is 51.5 Å². The van der Waals surface area contributed by atoms with Crippen LogP contribution in [0.25, 0.3) is 54.7 Å². The summed E-state index contributed by atoms with van der Waals surface area (Å²) in [4.78, 5) is 13.0. The number of hydrogen-bond acceptors (Lipinski definition) is 5. The molecule has 0 bridgehead atoms. The second-order valence-electron chi connectivity index (χ2n) is 10.1. The summed E-state index contributed by atoms with van der Waals surface area (Å²) in [5, 5.41) is 2.76. The minimum absolute atomic E-state index is 0. The van der Waals surface area contributed by atoms with Crippen LogP contribution in [0.15, 0.2) is 89.5 Å². The quantitative estimate of drug-likeness (QED) is 0.166. The van der Waals surface area contributed by atoms with Gasteiger partial charge in [-0.3, -0.25) is 0 Å². The van der Waals surface area contributed by atoms with Gasteiger partial charge in [-0.05, 0) is 35.9 Å². The van der Waals surface area contributed by atoms with E-state index in [1.54, 1.807) is 29.5 Å². The number of fused-ring (bicyclic) bond motifs is 5.